The minimum atomic E-state index is -0.797. The summed E-state index contributed by atoms with van der Waals surface area (Å²) < 4.78 is 16.9. The maximum Gasteiger partial charge on any atom is 0.306 e. The van der Waals surface area contributed by atoms with Crippen LogP contribution in [-0.4, -0.2) is 37.2 Å². The fourth-order valence-corrected chi connectivity index (χ4v) is 8.62. The van der Waals surface area contributed by atoms with E-state index >= 15 is 0 Å². The van der Waals surface area contributed by atoms with Gasteiger partial charge in [-0.15, -0.1) is 0 Å². The first-order valence-electron chi connectivity index (χ1n) is 32.0. The minimum absolute atomic E-state index is 0.0937. The number of allylic oxidation sites excluding steroid dienone is 20. The van der Waals surface area contributed by atoms with Gasteiger partial charge in [-0.3, -0.25) is 14.4 Å². The van der Waals surface area contributed by atoms with Gasteiger partial charge in [0.15, 0.2) is 6.10 Å². The van der Waals surface area contributed by atoms with Crippen molar-refractivity contribution in [2.75, 3.05) is 13.2 Å². The number of esters is 3. The van der Waals surface area contributed by atoms with Crippen LogP contribution in [0.3, 0.4) is 0 Å². The van der Waals surface area contributed by atoms with Gasteiger partial charge in [0.05, 0.1) is 0 Å². The molecule has 0 N–H and O–H groups in total. The van der Waals surface area contributed by atoms with Gasteiger partial charge in [0, 0.05) is 19.3 Å². The lowest BCUT2D eigenvalue weighted by Crippen LogP contribution is -2.30. The molecule has 77 heavy (non-hydrogen) atoms. The minimum Gasteiger partial charge on any atom is -0.462 e. The number of unbranched alkanes of at least 4 members (excludes halogenated alkanes) is 26. The smallest absolute Gasteiger partial charge is 0.306 e. The van der Waals surface area contributed by atoms with E-state index < -0.39 is 6.10 Å². The third-order valence-electron chi connectivity index (χ3n) is 13.4. The van der Waals surface area contributed by atoms with Crippen LogP contribution in [0.2, 0.25) is 0 Å². The summed E-state index contributed by atoms with van der Waals surface area (Å²) >= 11 is 0. The number of rotatable bonds is 57. The van der Waals surface area contributed by atoms with Crippen molar-refractivity contribution in [2.45, 2.75) is 297 Å². The largest absolute Gasteiger partial charge is 0.462 e. The molecule has 0 aromatic carbocycles. The Morgan fingerprint density at radius 3 is 0.792 bits per heavy atom. The average molecular weight is 1070 g/mol. The first-order valence-corrected chi connectivity index (χ1v) is 32.0. The maximum atomic E-state index is 12.9. The number of ether oxygens (including phenoxy) is 3. The van der Waals surface area contributed by atoms with Crippen molar-refractivity contribution in [1.82, 2.24) is 0 Å². The van der Waals surface area contributed by atoms with Crippen LogP contribution in [0.4, 0.5) is 0 Å². The Balaban J connectivity index is 4.42. The molecule has 0 aromatic rings. The molecule has 0 bridgehead atoms. The molecule has 0 saturated carbocycles. The Morgan fingerprint density at radius 1 is 0.273 bits per heavy atom. The van der Waals surface area contributed by atoms with Crippen LogP contribution in [0.5, 0.6) is 0 Å². The fraction of sp³-hybridized carbons (Fsp3) is 0.676. The van der Waals surface area contributed by atoms with Crippen LogP contribution in [0.25, 0.3) is 0 Å². The number of hydrogen-bond donors (Lipinski definition) is 0. The highest BCUT2D eigenvalue weighted by molar-refractivity contribution is 5.71. The van der Waals surface area contributed by atoms with E-state index in [9.17, 15) is 14.4 Å². The van der Waals surface area contributed by atoms with Crippen molar-refractivity contribution < 1.29 is 28.6 Å². The monoisotopic (exact) mass is 1070 g/mol. The zero-order valence-electron chi connectivity index (χ0n) is 50.2. The summed E-state index contributed by atoms with van der Waals surface area (Å²) in [7, 11) is 0. The Morgan fingerprint density at radius 2 is 0.506 bits per heavy atom. The molecule has 438 valence electrons. The Bertz CT molecular complexity index is 1600. The van der Waals surface area contributed by atoms with Crippen LogP contribution < -0.4 is 0 Å². The molecule has 0 heterocycles. The second-order valence-electron chi connectivity index (χ2n) is 20.9. The molecule has 0 rings (SSSR count). The van der Waals surface area contributed by atoms with Crippen molar-refractivity contribution in [3.8, 4) is 0 Å². The maximum absolute atomic E-state index is 12.9. The Hall–Kier alpha value is -4.19. The molecule has 0 saturated heterocycles. The average Bonchev–Trinajstić information content (AvgIpc) is 3.43. The summed E-state index contributed by atoms with van der Waals surface area (Å²) in [4.78, 5) is 38.3. The van der Waals surface area contributed by atoms with Crippen LogP contribution in [0, 0.1) is 0 Å². The quantitative estimate of drug-likeness (QED) is 0.0261. The summed E-state index contributed by atoms with van der Waals surface area (Å²) in [6, 6.07) is 0. The highest BCUT2D eigenvalue weighted by Gasteiger charge is 2.19. The molecule has 0 spiro atoms. The van der Waals surface area contributed by atoms with Gasteiger partial charge in [-0.1, -0.05) is 258 Å². The third kappa shape index (κ3) is 62.5. The molecule has 0 aliphatic heterocycles. The van der Waals surface area contributed by atoms with Crippen molar-refractivity contribution in [3.63, 3.8) is 0 Å². The van der Waals surface area contributed by atoms with Crippen molar-refractivity contribution in [3.05, 3.63) is 122 Å². The highest BCUT2D eigenvalue weighted by atomic mass is 16.6. The predicted molar refractivity (Wildman–Crippen MR) is 334 cm³/mol. The summed E-state index contributed by atoms with van der Waals surface area (Å²) in [5.41, 5.74) is 0. The summed E-state index contributed by atoms with van der Waals surface area (Å²) in [5.74, 6) is -0.921. The van der Waals surface area contributed by atoms with Gasteiger partial charge in [-0.05, 0) is 135 Å². The lowest BCUT2D eigenvalue weighted by atomic mass is 10.1. The zero-order valence-corrected chi connectivity index (χ0v) is 50.2. The normalized spacial score (nSPS) is 12.9. The second-order valence-corrected chi connectivity index (χ2v) is 20.9. The van der Waals surface area contributed by atoms with Crippen molar-refractivity contribution in [2.24, 2.45) is 0 Å². The first kappa shape index (κ1) is 72.8. The lowest BCUT2D eigenvalue weighted by Gasteiger charge is -2.18. The summed E-state index contributed by atoms with van der Waals surface area (Å²) in [5, 5.41) is 0. The molecule has 0 radical (unpaired) electrons. The molecule has 0 aliphatic rings. The molecule has 6 nitrogen and oxygen atoms in total. The number of carbonyl (C=O) groups is 3. The van der Waals surface area contributed by atoms with E-state index in [2.05, 4.69) is 142 Å². The molecular formula is C71H118O6. The first-order chi connectivity index (χ1) is 38.0. The van der Waals surface area contributed by atoms with E-state index in [1.807, 2.05) is 0 Å². The molecule has 0 aromatic heterocycles. The molecule has 6 heteroatoms. The standard InChI is InChI=1S/C71H118O6/c1-4-7-10-13-16-19-22-25-28-30-32-33-34-35-36-37-39-40-43-46-49-52-55-58-61-64-70(73)76-67-68(66-75-69(72)63-60-57-54-51-48-45-42-27-24-21-18-15-12-9-6-3)77-71(74)65-62-59-56-53-50-47-44-41-38-31-29-26-23-20-17-14-11-8-5-2/h7,10,16-21,25-29,32-33,35-36,39-40,42,68H,4-6,8-9,11-15,22-24,30-31,34,37-38,41,43-67H2,1-3H3/b10-7-,19-16-,20-17-,21-18-,28-25-,29-26-,33-32-,36-35-,40-39-,42-27-. The number of carbonyl (C=O) groups excluding carboxylic acids is 3. The zero-order chi connectivity index (χ0) is 55.7. The summed E-state index contributed by atoms with van der Waals surface area (Å²) in [6.07, 6.45) is 89.0. The molecule has 0 aliphatic carbocycles. The van der Waals surface area contributed by atoms with Gasteiger partial charge in [-0.25, -0.2) is 0 Å². The van der Waals surface area contributed by atoms with Crippen LogP contribution in [0.15, 0.2) is 122 Å². The Labute approximate surface area is 475 Å². The molecule has 0 amide bonds. The molecular weight excluding hydrogens is 949 g/mol. The van der Waals surface area contributed by atoms with Crippen LogP contribution in [-0.2, 0) is 28.6 Å². The van der Waals surface area contributed by atoms with E-state index in [0.29, 0.717) is 19.3 Å². The van der Waals surface area contributed by atoms with Crippen molar-refractivity contribution in [1.29, 1.82) is 0 Å². The van der Waals surface area contributed by atoms with E-state index in [-0.39, 0.29) is 31.1 Å². The van der Waals surface area contributed by atoms with Gasteiger partial charge in [0.25, 0.3) is 0 Å². The van der Waals surface area contributed by atoms with Gasteiger partial charge >= 0.3 is 17.9 Å². The van der Waals surface area contributed by atoms with Crippen LogP contribution >= 0.6 is 0 Å². The molecule has 1 atom stereocenters. The third-order valence-corrected chi connectivity index (χ3v) is 13.4. The van der Waals surface area contributed by atoms with E-state index in [4.69, 9.17) is 14.2 Å². The van der Waals surface area contributed by atoms with E-state index in [0.717, 1.165) is 141 Å². The molecule has 1 unspecified atom stereocenters. The van der Waals surface area contributed by atoms with Gasteiger partial charge in [0.1, 0.15) is 13.2 Å². The van der Waals surface area contributed by atoms with E-state index in [1.54, 1.807) is 0 Å². The van der Waals surface area contributed by atoms with E-state index in [1.165, 1.54) is 109 Å². The summed E-state index contributed by atoms with van der Waals surface area (Å²) in [6.45, 7) is 6.46. The van der Waals surface area contributed by atoms with Gasteiger partial charge in [-0.2, -0.15) is 0 Å². The van der Waals surface area contributed by atoms with Crippen LogP contribution in [0.1, 0.15) is 290 Å². The second kappa shape index (κ2) is 64.3. The topological polar surface area (TPSA) is 78.9 Å². The van der Waals surface area contributed by atoms with Gasteiger partial charge < -0.3 is 14.2 Å². The number of hydrogen-bond acceptors (Lipinski definition) is 6. The van der Waals surface area contributed by atoms with Crippen molar-refractivity contribution >= 4 is 17.9 Å². The van der Waals surface area contributed by atoms with Gasteiger partial charge in [0.2, 0.25) is 0 Å². The molecule has 0 fully saturated rings. The SMILES string of the molecule is CC/C=C\C/C=C\C/C=C\C/C=C\C/C=C\C/C=C\CCCCCCCCC(=O)OCC(COC(=O)CCCCCCC/C=C\C/C=C\CCCCC)OC(=O)CCCCCCCCCCC/C=C\C/C=C\CCCCC. The highest BCUT2D eigenvalue weighted by Crippen LogP contribution is 2.15. The Kier molecular flexibility index (Phi) is 60.8. The lowest BCUT2D eigenvalue weighted by molar-refractivity contribution is -0.167. The predicted octanol–water partition coefficient (Wildman–Crippen LogP) is 22.0. The fourth-order valence-electron chi connectivity index (χ4n) is 8.62.